The molecule has 0 spiro atoms. The van der Waals surface area contributed by atoms with Crippen molar-refractivity contribution in [1.29, 1.82) is 0 Å². The molecule has 1 fully saturated rings. The van der Waals surface area contributed by atoms with Crippen molar-refractivity contribution in [1.82, 2.24) is 5.32 Å². The standard InChI is InChI=1S/C13H17Cl2NO/c1-9(7-16-12-2-3-12)8-17-13-5-10(14)4-11(15)6-13/h4-6,9,12,16H,2-3,7-8H2,1H3. The Labute approximate surface area is 112 Å². The summed E-state index contributed by atoms with van der Waals surface area (Å²) in [7, 11) is 0. The van der Waals surface area contributed by atoms with Gasteiger partial charge in [0.1, 0.15) is 5.75 Å². The summed E-state index contributed by atoms with van der Waals surface area (Å²) in [6.07, 6.45) is 2.63. The molecule has 0 heterocycles. The summed E-state index contributed by atoms with van der Waals surface area (Å²) in [5, 5.41) is 4.70. The van der Waals surface area contributed by atoms with Crippen LogP contribution < -0.4 is 10.1 Å². The molecule has 0 saturated heterocycles. The fourth-order valence-electron chi connectivity index (χ4n) is 1.56. The molecule has 4 heteroatoms. The van der Waals surface area contributed by atoms with Gasteiger partial charge in [-0.25, -0.2) is 0 Å². The lowest BCUT2D eigenvalue weighted by Crippen LogP contribution is -2.26. The second-order valence-corrected chi connectivity index (χ2v) is 5.58. The highest BCUT2D eigenvalue weighted by molar-refractivity contribution is 6.34. The topological polar surface area (TPSA) is 21.3 Å². The Kier molecular flexibility index (Phi) is 4.55. The molecular weight excluding hydrogens is 257 g/mol. The minimum atomic E-state index is 0.480. The van der Waals surface area contributed by atoms with Crippen LogP contribution in [0, 0.1) is 5.92 Å². The highest BCUT2D eigenvalue weighted by atomic mass is 35.5. The highest BCUT2D eigenvalue weighted by Crippen LogP contribution is 2.24. The number of rotatable bonds is 6. The Balaban J connectivity index is 1.75. The molecule has 2 rings (SSSR count). The van der Waals surface area contributed by atoms with Crippen molar-refractivity contribution in [2.24, 2.45) is 5.92 Å². The molecule has 17 heavy (non-hydrogen) atoms. The summed E-state index contributed by atoms with van der Waals surface area (Å²) in [6.45, 7) is 3.84. The van der Waals surface area contributed by atoms with Crippen molar-refractivity contribution < 1.29 is 4.74 Å². The van der Waals surface area contributed by atoms with E-state index in [9.17, 15) is 0 Å². The van der Waals surface area contributed by atoms with Gasteiger partial charge >= 0.3 is 0 Å². The van der Waals surface area contributed by atoms with Gasteiger partial charge in [-0.2, -0.15) is 0 Å². The summed E-state index contributed by atoms with van der Waals surface area (Å²) in [5.74, 6) is 1.22. The number of nitrogens with one attached hydrogen (secondary N) is 1. The number of benzene rings is 1. The first-order chi connectivity index (χ1) is 8.13. The molecule has 0 aromatic heterocycles. The van der Waals surface area contributed by atoms with Crippen LogP contribution in [0.2, 0.25) is 10.0 Å². The highest BCUT2D eigenvalue weighted by Gasteiger charge is 2.20. The normalized spacial score (nSPS) is 16.9. The van der Waals surface area contributed by atoms with Crippen molar-refractivity contribution in [2.45, 2.75) is 25.8 Å². The Hall–Kier alpha value is -0.440. The van der Waals surface area contributed by atoms with Gasteiger partial charge in [-0.15, -0.1) is 0 Å². The second kappa shape index (κ2) is 5.94. The first-order valence-electron chi connectivity index (χ1n) is 5.96. The quantitative estimate of drug-likeness (QED) is 0.852. The Morgan fingerprint density at radius 2 is 1.94 bits per heavy atom. The third kappa shape index (κ3) is 4.74. The van der Waals surface area contributed by atoms with Gasteiger partial charge in [0.2, 0.25) is 0 Å². The molecule has 1 aromatic rings. The molecule has 0 bridgehead atoms. The Bertz CT molecular complexity index is 359. The van der Waals surface area contributed by atoms with Crippen LogP contribution in [0.15, 0.2) is 18.2 Å². The van der Waals surface area contributed by atoms with E-state index in [0.29, 0.717) is 22.6 Å². The molecule has 1 atom stereocenters. The molecule has 1 aliphatic rings. The van der Waals surface area contributed by atoms with Crippen LogP contribution in [0.3, 0.4) is 0 Å². The predicted molar refractivity (Wildman–Crippen MR) is 72.1 cm³/mol. The van der Waals surface area contributed by atoms with Gasteiger partial charge in [-0.3, -0.25) is 0 Å². The third-order valence-electron chi connectivity index (χ3n) is 2.70. The van der Waals surface area contributed by atoms with E-state index in [2.05, 4.69) is 12.2 Å². The Morgan fingerprint density at radius 1 is 1.29 bits per heavy atom. The maximum absolute atomic E-state index is 5.90. The van der Waals surface area contributed by atoms with Gasteiger partial charge in [0.25, 0.3) is 0 Å². The van der Waals surface area contributed by atoms with E-state index in [4.69, 9.17) is 27.9 Å². The first kappa shape index (κ1) is 13.0. The van der Waals surface area contributed by atoms with E-state index in [1.165, 1.54) is 12.8 Å². The van der Waals surface area contributed by atoms with Crippen molar-refractivity contribution in [3.63, 3.8) is 0 Å². The van der Waals surface area contributed by atoms with E-state index in [1.54, 1.807) is 18.2 Å². The van der Waals surface area contributed by atoms with Crippen molar-refractivity contribution in [2.75, 3.05) is 13.2 Å². The van der Waals surface area contributed by atoms with E-state index >= 15 is 0 Å². The maximum Gasteiger partial charge on any atom is 0.122 e. The average Bonchev–Trinajstić information content (AvgIpc) is 3.06. The lowest BCUT2D eigenvalue weighted by Gasteiger charge is -2.14. The maximum atomic E-state index is 5.90. The smallest absolute Gasteiger partial charge is 0.122 e. The average molecular weight is 274 g/mol. The van der Waals surface area contributed by atoms with Crippen LogP contribution in [-0.2, 0) is 0 Å². The molecule has 0 aliphatic heterocycles. The van der Waals surface area contributed by atoms with Crippen molar-refractivity contribution >= 4 is 23.2 Å². The molecule has 1 aromatic carbocycles. The molecule has 0 radical (unpaired) electrons. The summed E-state index contributed by atoms with van der Waals surface area (Å²) in [4.78, 5) is 0. The lowest BCUT2D eigenvalue weighted by molar-refractivity contribution is 0.255. The van der Waals surface area contributed by atoms with Crippen LogP contribution >= 0.6 is 23.2 Å². The third-order valence-corrected chi connectivity index (χ3v) is 3.14. The van der Waals surface area contributed by atoms with Gasteiger partial charge in [0.05, 0.1) is 6.61 Å². The summed E-state index contributed by atoms with van der Waals surface area (Å²) >= 11 is 11.8. The number of hydrogen-bond donors (Lipinski definition) is 1. The molecule has 2 nitrogen and oxygen atoms in total. The van der Waals surface area contributed by atoms with Crippen molar-refractivity contribution in [3.8, 4) is 5.75 Å². The largest absolute Gasteiger partial charge is 0.493 e. The zero-order valence-electron chi connectivity index (χ0n) is 9.88. The lowest BCUT2D eigenvalue weighted by atomic mass is 10.2. The number of hydrogen-bond acceptors (Lipinski definition) is 2. The summed E-state index contributed by atoms with van der Waals surface area (Å²) in [6, 6.07) is 6.02. The van der Waals surface area contributed by atoms with E-state index in [0.717, 1.165) is 18.3 Å². The van der Waals surface area contributed by atoms with Gasteiger partial charge in [-0.05, 0) is 31.0 Å². The van der Waals surface area contributed by atoms with Crippen LogP contribution in [0.5, 0.6) is 5.75 Å². The predicted octanol–water partition coefficient (Wildman–Crippen LogP) is 3.76. The Morgan fingerprint density at radius 3 is 2.53 bits per heavy atom. The molecule has 1 saturated carbocycles. The second-order valence-electron chi connectivity index (χ2n) is 4.70. The van der Waals surface area contributed by atoms with Gasteiger partial charge in [-0.1, -0.05) is 30.1 Å². The van der Waals surface area contributed by atoms with Gasteiger partial charge < -0.3 is 10.1 Å². The molecule has 1 unspecified atom stereocenters. The van der Waals surface area contributed by atoms with Crippen molar-refractivity contribution in [3.05, 3.63) is 28.2 Å². The van der Waals surface area contributed by atoms with Gasteiger partial charge in [0.15, 0.2) is 0 Å². The van der Waals surface area contributed by atoms with Gasteiger partial charge in [0, 0.05) is 28.5 Å². The molecule has 1 N–H and O–H groups in total. The number of halogens is 2. The van der Waals surface area contributed by atoms with Crippen LogP contribution in [-0.4, -0.2) is 19.2 Å². The van der Waals surface area contributed by atoms with Crippen LogP contribution in [0.1, 0.15) is 19.8 Å². The summed E-state index contributed by atoms with van der Waals surface area (Å²) < 4.78 is 5.67. The van der Waals surface area contributed by atoms with Crippen LogP contribution in [0.4, 0.5) is 0 Å². The fraction of sp³-hybridized carbons (Fsp3) is 0.538. The first-order valence-corrected chi connectivity index (χ1v) is 6.71. The molecule has 1 aliphatic carbocycles. The minimum absolute atomic E-state index is 0.480. The van der Waals surface area contributed by atoms with E-state index < -0.39 is 0 Å². The monoisotopic (exact) mass is 273 g/mol. The van der Waals surface area contributed by atoms with Crippen LogP contribution in [0.25, 0.3) is 0 Å². The van der Waals surface area contributed by atoms with E-state index in [1.807, 2.05) is 0 Å². The molecular formula is C13H17Cl2NO. The fourth-order valence-corrected chi connectivity index (χ4v) is 2.07. The number of ether oxygens (including phenoxy) is 1. The molecule has 94 valence electrons. The zero-order valence-corrected chi connectivity index (χ0v) is 11.4. The minimum Gasteiger partial charge on any atom is -0.493 e. The SMILES string of the molecule is CC(CNC1CC1)COc1cc(Cl)cc(Cl)c1. The summed E-state index contributed by atoms with van der Waals surface area (Å²) in [5.41, 5.74) is 0. The van der Waals surface area contributed by atoms with E-state index in [-0.39, 0.29) is 0 Å². The zero-order chi connectivity index (χ0) is 12.3. The molecule has 0 amide bonds.